The molecule has 0 amide bonds. The minimum absolute atomic E-state index is 0.468. The second kappa shape index (κ2) is 6.94. The number of allylic oxidation sites excluding steroid dienone is 4. The van der Waals surface area contributed by atoms with Crippen LogP contribution in [0.4, 0.5) is 0 Å². The number of thiophene rings is 2. The minimum Gasteiger partial charge on any atom is -0.135 e. The van der Waals surface area contributed by atoms with Crippen LogP contribution in [0, 0.1) is 5.92 Å². The van der Waals surface area contributed by atoms with E-state index in [1.54, 1.807) is 0 Å². The van der Waals surface area contributed by atoms with Crippen LogP contribution in [0.5, 0.6) is 0 Å². The number of hydrogen-bond donors (Lipinski definition) is 0. The van der Waals surface area contributed by atoms with Gasteiger partial charge < -0.3 is 0 Å². The van der Waals surface area contributed by atoms with Crippen molar-refractivity contribution in [2.45, 2.75) is 20.3 Å². The second-order valence-corrected chi connectivity index (χ2v) is 10.1. The third-order valence-corrected chi connectivity index (χ3v) is 8.67. The lowest BCUT2D eigenvalue weighted by atomic mass is 9.90. The highest BCUT2D eigenvalue weighted by atomic mass is 32.1. The standard InChI is InChI=1S/C28H22S2/c1-3-7-17(4-2)18-11-13-26-23(14-18)21-12-10-19-15-27-24(16-22(19)28(21)30-26)20-8-5-6-9-25(20)29-27/h3-10,12-16,18H,11H2,1-2H3/b7-3-,17-4+. The molecule has 0 bridgehead atoms. The number of benzene rings is 3. The quantitative estimate of drug-likeness (QED) is 0.258. The molecule has 0 nitrogen and oxygen atoms in total. The summed E-state index contributed by atoms with van der Waals surface area (Å²) in [5.41, 5.74) is 1.41. The summed E-state index contributed by atoms with van der Waals surface area (Å²) in [5, 5.41) is 8.32. The lowest BCUT2D eigenvalue weighted by molar-refractivity contribution is 0.854. The maximum absolute atomic E-state index is 2.49. The molecule has 2 aromatic heterocycles. The molecule has 3 aromatic carbocycles. The summed E-state index contributed by atoms with van der Waals surface area (Å²) >= 11 is 3.86. The zero-order valence-corrected chi connectivity index (χ0v) is 18.7. The highest BCUT2D eigenvalue weighted by molar-refractivity contribution is 7.26. The van der Waals surface area contributed by atoms with E-state index in [0.29, 0.717) is 5.92 Å². The first-order chi connectivity index (χ1) is 14.8. The fraction of sp³-hybridized carbons (Fsp3) is 0.143. The lowest BCUT2D eigenvalue weighted by Gasteiger charge is -2.14. The molecule has 1 aliphatic rings. The van der Waals surface area contributed by atoms with E-state index < -0.39 is 0 Å². The predicted octanol–water partition coefficient (Wildman–Crippen LogP) is 7.53. The van der Waals surface area contributed by atoms with Crippen molar-refractivity contribution in [2.24, 2.45) is 5.92 Å². The Hall–Kier alpha value is -2.68. The van der Waals surface area contributed by atoms with Gasteiger partial charge in [-0.2, -0.15) is 0 Å². The first kappa shape index (κ1) is 18.1. The maximum atomic E-state index is 2.49. The summed E-state index contributed by atoms with van der Waals surface area (Å²) in [6.07, 6.45) is 12.7. The largest absolute Gasteiger partial charge is 0.135 e. The van der Waals surface area contributed by atoms with Crippen LogP contribution in [0.25, 0.3) is 53.2 Å². The topological polar surface area (TPSA) is 0 Å². The molecule has 2 heteroatoms. The molecule has 0 aliphatic heterocycles. The Morgan fingerprint density at radius 3 is 2.67 bits per heavy atom. The van der Waals surface area contributed by atoms with E-state index in [1.807, 2.05) is 22.7 Å². The zero-order valence-electron chi connectivity index (χ0n) is 17.1. The van der Waals surface area contributed by atoms with E-state index in [2.05, 4.69) is 92.8 Å². The van der Waals surface area contributed by atoms with Gasteiger partial charge in [0.05, 0.1) is 0 Å². The van der Waals surface area contributed by atoms with Crippen LogP contribution in [0.15, 0.2) is 72.3 Å². The zero-order chi connectivity index (χ0) is 20.2. The van der Waals surface area contributed by atoms with E-state index in [9.17, 15) is 0 Å². The molecule has 1 atom stereocenters. The number of rotatable bonds is 2. The molecular formula is C28H22S2. The Labute approximate surface area is 183 Å². The Balaban J connectivity index is 1.66. The van der Waals surface area contributed by atoms with Crippen LogP contribution in [-0.2, 0) is 0 Å². The van der Waals surface area contributed by atoms with Crippen molar-refractivity contribution in [1.29, 1.82) is 0 Å². The van der Waals surface area contributed by atoms with E-state index in [-0.39, 0.29) is 0 Å². The molecule has 146 valence electrons. The van der Waals surface area contributed by atoms with Gasteiger partial charge in [0.25, 0.3) is 0 Å². The van der Waals surface area contributed by atoms with Crippen molar-refractivity contribution in [3.8, 4) is 0 Å². The Morgan fingerprint density at radius 1 is 0.900 bits per heavy atom. The van der Waals surface area contributed by atoms with Crippen LogP contribution in [0.3, 0.4) is 0 Å². The molecule has 0 saturated carbocycles. The van der Waals surface area contributed by atoms with Crippen molar-refractivity contribution >= 4 is 75.9 Å². The van der Waals surface area contributed by atoms with Gasteiger partial charge in [0.1, 0.15) is 0 Å². The summed E-state index contributed by atoms with van der Waals surface area (Å²) < 4.78 is 5.61. The third-order valence-electron chi connectivity index (χ3n) is 6.28. The van der Waals surface area contributed by atoms with Gasteiger partial charge in [-0.25, -0.2) is 0 Å². The first-order valence-electron chi connectivity index (χ1n) is 10.5. The molecule has 0 radical (unpaired) electrons. The van der Waals surface area contributed by atoms with Gasteiger partial charge in [0.15, 0.2) is 0 Å². The van der Waals surface area contributed by atoms with Crippen LogP contribution in [0.2, 0.25) is 0 Å². The average molecular weight is 423 g/mol. The van der Waals surface area contributed by atoms with Crippen molar-refractivity contribution in [3.05, 3.63) is 82.1 Å². The highest BCUT2D eigenvalue weighted by Crippen LogP contribution is 2.38. The molecular weight excluding hydrogens is 400 g/mol. The van der Waals surface area contributed by atoms with Crippen molar-refractivity contribution in [1.82, 2.24) is 0 Å². The van der Waals surface area contributed by atoms with Gasteiger partial charge in [0.2, 0.25) is 0 Å². The average Bonchev–Trinajstić information content (AvgIpc) is 3.33. The second-order valence-electron chi connectivity index (χ2n) is 7.99. The van der Waals surface area contributed by atoms with Crippen LogP contribution in [-0.4, -0.2) is 0 Å². The van der Waals surface area contributed by atoms with Gasteiger partial charge in [-0.05, 0) is 54.6 Å². The fourth-order valence-corrected chi connectivity index (χ4v) is 7.22. The van der Waals surface area contributed by atoms with Gasteiger partial charge in [0, 0.05) is 46.1 Å². The summed E-state index contributed by atoms with van der Waals surface area (Å²) in [6.45, 7) is 4.25. The Kier molecular flexibility index (Phi) is 4.19. The molecule has 0 spiro atoms. The Morgan fingerprint density at radius 2 is 1.80 bits per heavy atom. The van der Waals surface area contributed by atoms with E-state index >= 15 is 0 Å². The van der Waals surface area contributed by atoms with Gasteiger partial charge in [-0.1, -0.05) is 60.7 Å². The lowest BCUT2D eigenvalue weighted by Crippen LogP contribution is -2.24. The van der Waals surface area contributed by atoms with E-state index in [4.69, 9.17) is 0 Å². The molecule has 5 aromatic rings. The van der Waals surface area contributed by atoms with Crippen LogP contribution in [0.1, 0.15) is 20.3 Å². The Bertz CT molecular complexity index is 1640. The van der Waals surface area contributed by atoms with Gasteiger partial charge in [-0.3, -0.25) is 0 Å². The molecule has 6 rings (SSSR count). The molecule has 0 fully saturated rings. The van der Waals surface area contributed by atoms with Gasteiger partial charge >= 0.3 is 0 Å². The normalized spacial score (nSPS) is 17.1. The highest BCUT2D eigenvalue weighted by Gasteiger charge is 2.15. The molecule has 0 saturated heterocycles. The summed E-state index contributed by atoms with van der Waals surface area (Å²) in [5.74, 6) is 0.468. The SMILES string of the molecule is C/C=C\C(=C/C)C1C=c2c(sc3c2ccc2cc4sc5ccccc5c4cc23)=CC1. The molecule has 0 N–H and O–H groups in total. The van der Waals surface area contributed by atoms with Crippen LogP contribution < -0.4 is 9.75 Å². The first-order valence-corrected chi connectivity index (χ1v) is 12.2. The van der Waals surface area contributed by atoms with Crippen molar-refractivity contribution in [3.63, 3.8) is 0 Å². The van der Waals surface area contributed by atoms with Crippen molar-refractivity contribution in [2.75, 3.05) is 0 Å². The van der Waals surface area contributed by atoms with Gasteiger partial charge in [-0.15, -0.1) is 22.7 Å². The maximum Gasteiger partial charge on any atom is 0.0433 e. The molecule has 30 heavy (non-hydrogen) atoms. The number of fused-ring (bicyclic) bond motifs is 8. The smallest absolute Gasteiger partial charge is 0.0433 e. The molecule has 1 unspecified atom stereocenters. The van der Waals surface area contributed by atoms with E-state index in [0.717, 1.165) is 6.42 Å². The van der Waals surface area contributed by atoms with Crippen molar-refractivity contribution < 1.29 is 0 Å². The third kappa shape index (κ3) is 2.64. The van der Waals surface area contributed by atoms with Crippen LogP contribution >= 0.6 is 22.7 Å². The summed E-state index contributed by atoms with van der Waals surface area (Å²) in [4.78, 5) is 0. The minimum atomic E-state index is 0.468. The molecule has 2 heterocycles. The monoisotopic (exact) mass is 422 g/mol. The summed E-state index contributed by atoms with van der Waals surface area (Å²) in [7, 11) is 0. The fourth-order valence-electron chi connectivity index (χ4n) is 4.82. The molecule has 1 aliphatic carbocycles. The van der Waals surface area contributed by atoms with E-state index in [1.165, 1.54) is 56.4 Å². The predicted molar refractivity (Wildman–Crippen MR) is 137 cm³/mol. The summed E-state index contributed by atoms with van der Waals surface area (Å²) in [6, 6.07) is 18.2. The number of hydrogen-bond acceptors (Lipinski definition) is 2.